The number of alkyl halides is 2. The molecule has 0 spiro atoms. The van der Waals surface area contributed by atoms with Crippen LogP contribution in [0.15, 0.2) is 55.0 Å². The maximum absolute atomic E-state index is 15.6. The molecule has 0 amide bonds. The predicted octanol–water partition coefficient (Wildman–Crippen LogP) is 5.30. The van der Waals surface area contributed by atoms with Gasteiger partial charge in [-0.3, -0.25) is 9.25 Å². The summed E-state index contributed by atoms with van der Waals surface area (Å²) in [6, 6.07) is 8.74. The van der Waals surface area contributed by atoms with Crippen molar-refractivity contribution in [2.24, 2.45) is 7.05 Å². The Morgan fingerprint density at radius 1 is 1.16 bits per heavy atom. The Balaban J connectivity index is 0.00000294. The third-order valence-electron chi connectivity index (χ3n) is 6.29. The number of hydrogen-bond acceptors (Lipinski definition) is 6. The fourth-order valence-corrected chi connectivity index (χ4v) is 4.77. The van der Waals surface area contributed by atoms with Gasteiger partial charge in [0.2, 0.25) is 11.8 Å². The first kappa shape index (κ1) is 25.8. The van der Waals surface area contributed by atoms with E-state index in [4.69, 9.17) is 11.6 Å². The summed E-state index contributed by atoms with van der Waals surface area (Å²) in [4.78, 5) is 8.35. The standard InChI is InChI=1S/C24H19ClF3N9.H2S/c1-13-11-36-12-14(20-17(26)10-29-23(32-20)31-19-7-8-30-35(19)2)9-18(36)21-33-34-22(37(13)21)24(27,28)15-5-3-4-6-16(15)25;/h3-10,12-13H,11H2,1-2H3,(H,29,31,32);1H2/t13-;/m0./s1. The molecule has 1 aliphatic rings. The highest BCUT2D eigenvalue weighted by Gasteiger charge is 2.44. The normalized spacial score (nSPS) is 14.5. The zero-order valence-electron chi connectivity index (χ0n) is 20.1. The van der Waals surface area contributed by atoms with Crippen molar-refractivity contribution in [1.29, 1.82) is 0 Å². The lowest BCUT2D eigenvalue weighted by atomic mass is 10.1. The molecule has 4 aromatic heterocycles. The predicted molar refractivity (Wildman–Crippen MR) is 140 cm³/mol. The Morgan fingerprint density at radius 3 is 2.68 bits per heavy atom. The largest absolute Gasteiger partial charge is 0.342 e. The Morgan fingerprint density at radius 2 is 1.95 bits per heavy atom. The van der Waals surface area contributed by atoms with Crippen molar-refractivity contribution in [3.63, 3.8) is 0 Å². The summed E-state index contributed by atoms with van der Waals surface area (Å²) < 4.78 is 50.8. The molecule has 1 atom stereocenters. The molecule has 0 saturated heterocycles. The van der Waals surface area contributed by atoms with Gasteiger partial charge < -0.3 is 9.88 Å². The first-order valence-corrected chi connectivity index (χ1v) is 11.7. The molecular weight excluding hydrogens is 539 g/mol. The molecule has 1 aromatic carbocycles. The topological polar surface area (TPSA) is 91.3 Å². The molecule has 0 bridgehead atoms. The molecule has 0 unspecified atom stereocenters. The van der Waals surface area contributed by atoms with Crippen LogP contribution in [0.4, 0.5) is 24.9 Å². The highest BCUT2D eigenvalue weighted by molar-refractivity contribution is 7.59. The quantitative estimate of drug-likeness (QED) is 0.314. The summed E-state index contributed by atoms with van der Waals surface area (Å²) >= 11 is 6.08. The molecule has 0 radical (unpaired) electrons. The summed E-state index contributed by atoms with van der Waals surface area (Å²) in [6.45, 7) is 2.14. The van der Waals surface area contributed by atoms with E-state index < -0.39 is 23.6 Å². The van der Waals surface area contributed by atoms with Crippen LogP contribution in [0.1, 0.15) is 24.4 Å². The Bertz CT molecular complexity index is 1640. The number of nitrogens with zero attached hydrogens (tertiary/aromatic N) is 8. The van der Waals surface area contributed by atoms with Crippen molar-refractivity contribution in [1.82, 2.24) is 39.1 Å². The number of aromatic nitrogens is 8. The second-order valence-electron chi connectivity index (χ2n) is 8.74. The van der Waals surface area contributed by atoms with E-state index in [0.717, 1.165) is 6.20 Å². The van der Waals surface area contributed by atoms with Gasteiger partial charge in [0.15, 0.2) is 11.6 Å². The van der Waals surface area contributed by atoms with Gasteiger partial charge in [-0.25, -0.2) is 14.4 Å². The molecule has 0 fully saturated rings. The van der Waals surface area contributed by atoms with Gasteiger partial charge in [0, 0.05) is 37.0 Å². The average Bonchev–Trinajstić information content (AvgIpc) is 3.59. The molecule has 1 aliphatic heterocycles. The lowest BCUT2D eigenvalue weighted by Crippen LogP contribution is -2.28. The van der Waals surface area contributed by atoms with Gasteiger partial charge in [-0.15, -0.1) is 10.2 Å². The first-order chi connectivity index (χ1) is 17.7. The maximum Gasteiger partial charge on any atom is 0.333 e. The molecule has 196 valence electrons. The van der Waals surface area contributed by atoms with E-state index in [1.165, 1.54) is 22.8 Å². The molecule has 6 rings (SSSR count). The molecule has 0 saturated carbocycles. The van der Waals surface area contributed by atoms with Gasteiger partial charge in [-0.2, -0.15) is 27.4 Å². The highest BCUT2D eigenvalue weighted by Crippen LogP contribution is 2.43. The van der Waals surface area contributed by atoms with E-state index in [1.54, 1.807) is 49.2 Å². The van der Waals surface area contributed by atoms with E-state index in [1.807, 2.05) is 4.57 Å². The number of benzene rings is 1. The number of nitrogens with one attached hydrogen (secondary N) is 1. The Labute approximate surface area is 226 Å². The van der Waals surface area contributed by atoms with Gasteiger partial charge in [0.1, 0.15) is 11.5 Å². The van der Waals surface area contributed by atoms with Crippen molar-refractivity contribution in [2.75, 3.05) is 5.32 Å². The summed E-state index contributed by atoms with van der Waals surface area (Å²) in [5, 5.41) is 15.0. The Hall–Kier alpha value is -3.84. The molecule has 9 nitrogen and oxygen atoms in total. The van der Waals surface area contributed by atoms with Crippen molar-refractivity contribution >= 4 is 36.9 Å². The van der Waals surface area contributed by atoms with E-state index in [2.05, 4.69) is 30.6 Å². The molecule has 0 aliphatic carbocycles. The number of rotatable bonds is 5. The van der Waals surface area contributed by atoms with E-state index in [0.29, 0.717) is 23.6 Å². The minimum absolute atomic E-state index is 0. The molecule has 1 N–H and O–H groups in total. The first-order valence-electron chi connectivity index (χ1n) is 11.3. The van der Waals surface area contributed by atoms with Crippen LogP contribution >= 0.6 is 25.1 Å². The third-order valence-corrected chi connectivity index (χ3v) is 6.62. The van der Waals surface area contributed by atoms with Crippen molar-refractivity contribution < 1.29 is 13.2 Å². The van der Waals surface area contributed by atoms with E-state index in [-0.39, 0.29) is 41.5 Å². The average molecular weight is 560 g/mol. The van der Waals surface area contributed by atoms with Crippen molar-refractivity contribution in [3.05, 3.63) is 77.2 Å². The molecule has 5 heterocycles. The summed E-state index contributed by atoms with van der Waals surface area (Å²) in [5.74, 6) is -3.55. The SMILES string of the molecule is C[C@H]1Cn2cc(-c3nc(Nc4ccnn4C)ncc3F)cc2-c2nnc(C(F)(F)c3ccccc3Cl)n21.S. The zero-order chi connectivity index (χ0) is 25.9. The van der Waals surface area contributed by atoms with Crippen LogP contribution < -0.4 is 5.32 Å². The van der Waals surface area contributed by atoms with Gasteiger partial charge in [-0.1, -0.05) is 29.8 Å². The van der Waals surface area contributed by atoms with Crippen molar-refractivity contribution in [2.45, 2.75) is 25.4 Å². The second kappa shape index (κ2) is 9.48. The van der Waals surface area contributed by atoms with E-state index in [9.17, 15) is 4.39 Å². The van der Waals surface area contributed by atoms with Crippen LogP contribution in [0.3, 0.4) is 0 Å². The smallest absolute Gasteiger partial charge is 0.333 e. The lowest BCUT2D eigenvalue weighted by molar-refractivity contribution is 0.0269. The van der Waals surface area contributed by atoms with Crippen LogP contribution in [-0.2, 0) is 19.5 Å². The van der Waals surface area contributed by atoms with E-state index >= 15 is 8.78 Å². The molecule has 14 heteroatoms. The fraction of sp³-hybridized carbons (Fsp3) is 0.208. The van der Waals surface area contributed by atoms with Gasteiger partial charge in [-0.05, 0) is 19.1 Å². The summed E-state index contributed by atoms with van der Waals surface area (Å²) in [5.41, 5.74) is 0.672. The van der Waals surface area contributed by atoms with Crippen LogP contribution in [-0.4, -0.2) is 39.1 Å². The van der Waals surface area contributed by atoms with Crippen LogP contribution in [0.5, 0.6) is 0 Å². The minimum Gasteiger partial charge on any atom is -0.342 e. The van der Waals surface area contributed by atoms with Crippen LogP contribution in [0, 0.1) is 5.82 Å². The van der Waals surface area contributed by atoms with Crippen molar-refractivity contribution in [3.8, 4) is 22.8 Å². The number of halogens is 4. The second-order valence-corrected chi connectivity index (χ2v) is 9.15. The number of fused-ring (bicyclic) bond motifs is 3. The third kappa shape index (κ3) is 4.11. The molecule has 38 heavy (non-hydrogen) atoms. The number of aryl methyl sites for hydroxylation is 1. The summed E-state index contributed by atoms with van der Waals surface area (Å²) in [6.07, 6.45) is 4.40. The van der Waals surface area contributed by atoms with Gasteiger partial charge in [0.05, 0.1) is 29.2 Å². The van der Waals surface area contributed by atoms with Crippen LogP contribution in [0.2, 0.25) is 5.02 Å². The number of hydrogen-bond donors (Lipinski definition) is 1. The number of anilines is 2. The van der Waals surface area contributed by atoms with Gasteiger partial charge in [0.25, 0.3) is 0 Å². The lowest BCUT2D eigenvalue weighted by Gasteiger charge is -2.27. The molecule has 5 aromatic rings. The minimum atomic E-state index is -3.47. The molecular formula is C24H21ClF3N9S. The van der Waals surface area contributed by atoms with Gasteiger partial charge >= 0.3 is 5.92 Å². The Kier molecular flexibility index (Phi) is 6.43. The monoisotopic (exact) mass is 559 g/mol. The summed E-state index contributed by atoms with van der Waals surface area (Å²) in [7, 11) is 1.75. The maximum atomic E-state index is 15.6. The highest BCUT2D eigenvalue weighted by atomic mass is 35.5. The fourth-order valence-electron chi connectivity index (χ4n) is 4.52. The zero-order valence-corrected chi connectivity index (χ0v) is 21.8. The van der Waals surface area contributed by atoms with Crippen LogP contribution in [0.25, 0.3) is 22.8 Å².